The van der Waals surface area contributed by atoms with E-state index in [0.717, 1.165) is 12.2 Å². The quantitative estimate of drug-likeness (QED) is 0.844. The lowest BCUT2D eigenvalue weighted by Crippen LogP contribution is -2.23. The van der Waals surface area contributed by atoms with Crippen LogP contribution in [0.4, 0.5) is 0 Å². The number of carboxylic acid groups (broad SMARTS) is 1. The lowest BCUT2D eigenvalue weighted by Gasteiger charge is -2.15. The summed E-state index contributed by atoms with van der Waals surface area (Å²) in [5.74, 6) is -0.759. The molecule has 1 fully saturated rings. The highest BCUT2D eigenvalue weighted by Gasteiger charge is 2.34. The molecule has 1 aliphatic heterocycles. The fourth-order valence-corrected chi connectivity index (χ4v) is 2.45. The molecule has 1 aromatic rings. The summed E-state index contributed by atoms with van der Waals surface area (Å²) in [7, 11) is 0. The summed E-state index contributed by atoms with van der Waals surface area (Å²) in [5, 5.41) is 18.8. The smallest absolute Gasteiger partial charge is 0.308 e. The van der Waals surface area contributed by atoms with Crippen LogP contribution in [-0.2, 0) is 11.3 Å². The van der Waals surface area contributed by atoms with Gasteiger partial charge in [-0.25, -0.2) is 0 Å². The molecule has 0 aliphatic carbocycles. The maximum absolute atomic E-state index is 11.0. The summed E-state index contributed by atoms with van der Waals surface area (Å²) < 4.78 is 0. The summed E-state index contributed by atoms with van der Waals surface area (Å²) in [6, 6.07) is 3.39. The molecular weight excluding hydrogens is 232 g/mol. The number of hydrogen-bond acceptors (Lipinski definition) is 4. The lowest BCUT2D eigenvalue weighted by molar-refractivity contribution is -0.142. The van der Waals surface area contributed by atoms with Crippen molar-refractivity contribution in [2.75, 3.05) is 13.1 Å². The second kappa shape index (κ2) is 4.94. The van der Waals surface area contributed by atoms with Crippen molar-refractivity contribution in [2.24, 2.45) is 11.8 Å². The number of hydrogen-bond donors (Lipinski definition) is 2. The zero-order valence-electron chi connectivity index (χ0n) is 10.6. The molecule has 1 aromatic heterocycles. The summed E-state index contributed by atoms with van der Waals surface area (Å²) in [6.07, 6.45) is 0. The first-order valence-corrected chi connectivity index (χ1v) is 6.08. The van der Waals surface area contributed by atoms with Crippen molar-refractivity contribution in [2.45, 2.75) is 20.4 Å². The minimum Gasteiger partial charge on any atom is -0.506 e. The van der Waals surface area contributed by atoms with Crippen molar-refractivity contribution >= 4 is 5.97 Å². The van der Waals surface area contributed by atoms with E-state index in [-0.39, 0.29) is 17.6 Å². The Morgan fingerprint density at radius 2 is 2.22 bits per heavy atom. The topological polar surface area (TPSA) is 73.7 Å². The normalized spacial score (nSPS) is 24.3. The molecule has 2 heterocycles. The molecule has 2 rings (SSSR count). The van der Waals surface area contributed by atoms with Crippen molar-refractivity contribution in [3.05, 3.63) is 23.5 Å². The highest BCUT2D eigenvalue weighted by atomic mass is 16.4. The van der Waals surface area contributed by atoms with E-state index < -0.39 is 5.97 Å². The highest BCUT2D eigenvalue weighted by molar-refractivity contribution is 5.71. The summed E-state index contributed by atoms with van der Waals surface area (Å²) in [5.41, 5.74) is 1.47. The SMILES string of the molecule is Cc1ccc(O)c(CN2C[C@@H](C)[C@H](C(=O)O)C2)n1. The second-order valence-corrected chi connectivity index (χ2v) is 5.03. The Morgan fingerprint density at radius 3 is 2.83 bits per heavy atom. The van der Waals surface area contributed by atoms with Crippen LogP contribution in [0.25, 0.3) is 0 Å². The summed E-state index contributed by atoms with van der Waals surface area (Å²) in [4.78, 5) is 17.4. The van der Waals surface area contributed by atoms with Gasteiger partial charge in [0.2, 0.25) is 0 Å². The van der Waals surface area contributed by atoms with Gasteiger partial charge in [0.1, 0.15) is 5.75 Å². The monoisotopic (exact) mass is 250 g/mol. The summed E-state index contributed by atoms with van der Waals surface area (Å²) in [6.45, 7) is 5.57. The lowest BCUT2D eigenvalue weighted by atomic mass is 9.99. The molecular formula is C13H18N2O3. The minimum atomic E-state index is -0.744. The maximum Gasteiger partial charge on any atom is 0.308 e. The van der Waals surface area contributed by atoms with Gasteiger partial charge in [0.05, 0.1) is 11.6 Å². The molecule has 0 saturated carbocycles. The Hall–Kier alpha value is -1.62. The van der Waals surface area contributed by atoms with E-state index in [1.807, 2.05) is 18.7 Å². The number of likely N-dealkylation sites (tertiary alicyclic amines) is 1. The average Bonchev–Trinajstić information content (AvgIpc) is 2.65. The third-order valence-corrected chi connectivity index (χ3v) is 3.47. The first-order valence-electron chi connectivity index (χ1n) is 6.08. The zero-order chi connectivity index (χ0) is 13.3. The van der Waals surface area contributed by atoms with Crippen LogP contribution in [0, 0.1) is 18.8 Å². The summed E-state index contributed by atoms with van der Waals surface area (Å²) >= 11 is 0. The Bertz CT molecular complexity index is 462. The number of carboxylic acids is 1. The molecule has 2 N–H and O–H groups in total. The standard InChI is InChI=1S/C13H18N2O3/c1-8-5-15(6-10(8)13(17)18)7-11-12(16)4-3-9(2)14-11/h3-4,8,10,16H,5-7H2,1-2H3,(H,17,18)/t8-,10-/m1/s1. The Labute approximate surface area is 106 Å². The Kier molecular flexibility index (Phi) is 3.52. The van der Waals surface area contributed by atoms with Crippen molar-refractivity contribution in [3.8, 4) is 5.75 Å². The predicted octanol–water partition coefficient (Wildman–Crippen LogP) is 1.25. The number of aliphatic carboxylic acids is 1. The Balaban J connectivity index is 2.07. The highest BCUT2D eigenvalue weighted by Crippen LogP contribution is 2.26. The van der Waals surface area contributed by atoms with Gasteiger partial charge in [0, 0.05) is 25.3 Å². The van der Waals surface area contributed by atoms with Crippen LogP contribution in [0.1, 0.15) is 18.3 Å². The molecule has 5 heteroatoms. The number of carbonyl (C=O) groups is 1. The van der Waals surface area contributed by atoms with E-state index in [0.29, 0.717) is 18.8 Å². The van der Waals surface area contributed by atoms with Crippen molar-refractivity contribution in [1.29, 1.82) is 0 Å². The molecule has 0 bridgehead atoms. The molecule has 18 heavy (non-hydrogen) atoms. The van der Waals surface area contributed by atoms with Crippen LogP contribution < -0.4 is 0 Å². The largest absolute Gasteiger partial charge is 0.506 e. The maximum atomic E-state index is 11.0. The van der Waals surface area contributed by atoms with E-state index in [4.69, 9.17) is 5.11 Å². The molecule has 0 unspecified atom stereocenters. The number of aromatic hydroxyl groups is 1. The van der Waals surface area contributed by atoms with Gasteiger partial charge in [-0.15, -0.1) is 0 Å². The predicted molar refractivity (Wildman–Crippen MR) is 66.2 cm³/mol. The van der Waals surface area contributed by atoms with Gasteiger partial charge in [-0.3, -0.25) is 14.7 Å². The molecule has 5 nitrogen and oxygen atoms in total. The molecule has 0 spiro atoms. The van der Waals surface area contributed by atoms with Gasteiger partial charge < -0.3 is 10.2 Å². The van der Waals surface area contributed by atoms with Gasteiger partial charge in [-0.1, -0.05) is 6.92 Å². The van der Waals surface area contributed by atoms with Crippen LogP contribution in [-0.4, -0.2) is 39.2 Å². The molecule has 98 valence electrons. The molecule has 0 radical (unpaired) electrons. The van der Waals surface area contributed by atoms with E-state index in [9.17, 15) is 9.90 Å². The fourth-order valence-electron chi connectivity index (χ4n) is 2.45. The van der Waals surface area contributed by atoms with Gasteiger partial charge in [-0.2, -0.15) is 0 Å². The van der Waals surface area contributed by atoms with E-state index in [2.05, 4.69) is 4.98 Å². The van der Waals surface area contributed by atoms with E-state index in [1.165, 1.54) is 0 Å². The average molecular weight is 250 g/mol. The van der Waals surface area contributed by atoms with Crippen LogP contribution in [0.3, 0.4) is 0 Å². The van der Waals surface area contributed by atoms with Crippen molar-refractivity contribution in [1.82, 2.24) is 9.88 Å². The molecule has 0 amide bonds. The number of aromatic nitrogens is 1. The molecule has 1 aliphatic rings. The van der Waals surface area contributed by atoms with Gasteiger partial charge >= 0.3 is 5.97 Å². The number of nitrogens with zero attached hydrogens (tertiary/aromatic N) is 2. The minimum absolute atomic E-state index is 0.134. The number of aryl methyl sites for hydroxylation is 1. The van der Waals surface area contributed by atoms with Gasteiger partial charge in [0.25, 0.3) is 0 Å². The first-order chi connectivity index (χ1) is 8.47. The molecule has 0 aromatic carbocycles. The first kappa shape index (κ1) is 12.8. The van der Waals surface area contributed by atoms with Gasteiger partial charge in [0.15, 0.2) is 0 Å². The van der Waals surface area contributed by atoms with Crippen LogP contribution in [0.2, 0.25) is 0 Å². The van der Waals surface area contributed by atoms with Crippen LogP contribution in [0.15, 0.2) is 12.1 Å². The third kappa shape index (κ3) is 2.61. The van der Waals surface area contributed by atoms with Crippen LogP contribution in [0.5, 0.6) is 5.75 Å². The number of pyridine rings is 1. The molecule has 2 atom stereocenters. The zero-order valence-corrected chi connectivity index (χ0v) is 10.6. The fraction of sp³-hybridized carbons (Fsp3) is 0.538. The Morgan fingerprint density at radius 1 is 1.50 bits per heavy atom. The third-order valence-electron chi connectivity index (χ3n) is 3.47. The van der Waals surface area contributed by atoms with E-state index >= 15 is 0 Å². The van der Waals surface area contributed by atoms with Crippen molar-refractivity contribution < 1.29 is 15.0 Å². The van der Waals surface area contributed by atoms with E-state index in [1.54, 1.807) is 12.1 Å². The van der Waals surface area contributed by atoms with Crippen molar-refractivity contribution in [3.63, 3.8) is 0 Å². The van der Waals surface area contributed by atoms with Gasteiger partial charge in [-0.05, 0) is 25.0 Å². The second-order valence-electron chi connectivity index (χ2n) is 5.03. The van der Waals surface area contributed by atoms with Crippen LogP contribution >= 0.6 is 0 Å². The molecule has 1 saturated heterocycles. The number of rotatable bonds is 3.